The molecule has 0 aliphatic heterocycles. The van der Waals surface area contributed by atoms with Gasteiger partial charge < -0.3 is 20.3 Å². The Bertz CT molecular complexity index is 986. The van der Waals surface area contributed by atoms with Crippen molar-refractivity contribution in [2.75, 3.05) is 13.2 Å². The molecule has 0 aromatic heterocycles. The van der Waals surface area contributed by atoms with Crippen LogP contribution < -0.4 is 5.32 Å². The van der Waals surface area contributed by atoms with Crippen molar-refractivity contribution in [3.8, 4) is 0 Å². The molecule has 1 amide bonds. The highest BCUT2D eigenvalue weighted by molar-refractivity contribution is 5.76. The molecule has 0 saturated heterocycles. The summed E-state index contributed by atoms with van der Waals surface area (Å²) < 4.78 is 5.50. The molecule has 0 aromatic carbocycles. The Kier molecular flexibility index (Phi) is 55.0. The molecule has 6 nitrogen and oxygen atoms in total. The fourth-order valence-electron chi connectivity index (χ4n) is 9.46. The summed E-state index contributed by atoms with van der Waals surface area (Å²) >= 11 is 0. The van der Waals surface area contributed by atoms with Gasteiger partial charge in [0.25, 0.3) is 0 Å². The largest absolute Gasteiger partial charge is 0.466 e. The molecule has 0 rings (SSSR count). The van der Waals surface area contributed by atoms with E-state index in [0.29, 0.717) is 19.4 Å². The molecule has 0 radical (unpaired) electrons. The average molecular weight is 933 g/mol. The summed E-state index contributed by atoms with van der Waals surface area (Å²) in [6.45, 7) is 4.90. The summed E-state index contributed by atoms with van der Waals surface area (Å²) in [6.07, 6.45) is 66.9. The van der Waals surface area contributed by atoms with E-state index >= 15 is 0 Å². The van der Waals surface area contributed by atoms with Crippen molar-refractivity contribution in [1.82, 2.24) is 5.32 Å². The number of esters is 1. The number of hydrogen-bond donors (Lipinski definition) is 3. The van der Waals surface area contributed by atoms with Gasteiger partial charge in [0.2, 0.25) is 5.91 Å². The normalized spacial score (nSPS) is 12.6. The summed E-state index contributed by atoms with van der Waals surface area (Å²) in [7, 11) is 0. The topological polar surface area (TPSA) is 95.9 Å². The van der Waals surface area contributed by atoms with Crippen LogP contribution in [-0.4, -0.2) is 47.4 Å². The number of allylic oxidation sites excluding steroid dienone is 1. The Hall–Kier alpha value is -1.40. The minimum atomic E-state index is -0.841. The van der Waals surface area contributed by atoms with Crippen molar-refractivity contribution in [3.05, 3.63) is 12.2 Å². The quantitative estimate of drug-likeness (QED) is 0.0321. The highest BCUT2D eigenvalue weighted by Gasteiger charge is 2.18. The monoisotopic (exact) mass is 932 g/mol. The number of rotatable bonds is 56. The number of amides is 1. The number of carbonyl (C=O) groups excluding carboxylic acids is 2. The number of ether oxygens (including phenoxy) is 1. The van der Waals surface area contributed by atoms with E-state index in [-0.39, 0.29) is 18.5 Å². The molecular formula is C60H117NO5. The van der Waals surface area contributed by atoms with Crippen molar-refractivity contribution in [1.29, 1.82) is 0 Å². The Morgan fingerprint density at radius 2 is 0.697 bits per heavy atom. The third-order valence-electron chi connectivity index (χ3n) is 14.1. The Labute approximate surface area is 412 Å². The lowest BCUT2D eigenvalue weighted by Gasteiger charge is -2.20. The maximum atomic E-state index is 12.4. The van der Waals surface area contributed by atoms with Gasteiger partial charge >= 0.3 is 5.97 Å². The van der Waals surface area contributed by atoms with Gasteiger partial charge in [0, 0.05) is 12.8 Å². The fraction of sp³-hybridized carbons (Fsp3) is 0.933. The van der Waals surface area contributed by atoms with Crippen molar-refractivity contribution in [3.63, 3.8) is 0 Å². The van der Waals surface area contributed by atoms with Crippen LogP contribution in [0.1, 0.15) is 335 Å². The lowest BCUT2D eigenvalue weighted by Crippen LogP contribution is -2.45. The van der Waals surface area contributed by atoms with Crippen molar-refractivity contribution < 1.29 is 24.5 Å². The predicted molar refractivity (Wildman–Crippen MR) is 287 cm³/mol. The highest BCUT2D eigenvalue weighted by Crippen LogP contribution is 2.18. The first-order valence-corrected chi connectivity index (χ1v) is 30.0. The zero-order valence-electron chi connectivity index (χ0n) is 44.7. The molecule has 0 bridgehead atoms. The van der Waals surface area contributed by atoms with Crippen LogP contribution in [-0.2, 0) is 14.3 Å². The summed E-state index contributed by atoms with van der Waals surface area (Å²) in [4.78, 5) is 24.5. The first kappa shape index (κ1) is 64.6. The van der Waals surface area contributed by atoms with Crippen LogP contribution >= 0.6 is 0 Å². The van der Waals surface area contributed by atoms with Gasteiger partial charge in [-0.3, -0.25) is 9.59 Å². The van der Waals surface area contributed by atoms with Gasteiger partial charge in [-0.2, -0.15) is 0 Å². The van der Waals surface area contributed by atoms with E-state index in [9.17, 15) is 19.8 Å². The number of aliphatic hydroxyl groups excluding tert-OH is 2. The molecule has 392 valence electrons. The van der Waals surface area contributed by atoms with E-state index < -0.39 is 12.1 Å². The van der Waals surface area contributed by atoms with Crippen LogP contribution in [0.15, 0.2) is 12.2 Å². The summed E-state index contributed by atoms with van der Waals surface area (Å²) in [5, 5.41) is 22.9. The molecule has 0 aliphatic carbocycles. The van der Waals surface area contributed by atoms with Crippen LogP contribution in [0.4, 0.5) is 0 Å². The van der Waals surface area contributed by atoms with Gasteiger partial charge in [0.1, 0.15) is 0 Å². The molecule has 2 atom stereocenters. The van der Waals surface area contributed by atoms with Crippen LogP contribution in [0, 0.1) is 0 Å². The molecule has 66 heavy (non-hydrogen) atoms. The second-order valence-electron chi connectivity index (χ2n) is 20.7. The molecule has 0 heterocycles. The van der Waals surface area contributed by atoms with E-state index in [2.05, 4.69) is 19.2 Å². The first-order valence-electron chi connectivity index (χ1n) is 30.0. The third-order valence-corrected chi connectivity index (χ3v) is 14.1. The molecule has 0 spiro atoms. The van der Waals surface area contributed by atoms with Crippen LogP contribution in [0.25, 0.3) is 0 Å². The van der Waals surface area contributed by atoms with Crippen molar-refractivity contribution >= 4 is 11.9 Å². The number of nitrogens with one attached hydrogen (secondary N) is 1. The zero-order valence-corrected chi connectivity index (χ0v) is 44.7. The minimum absolute atomic E-state index is 0.0173. The third kappa shape index (κ3) is 52.0. The molecule has 6 heteroatoms. The van der Waals surface area contributed by atoms with Crippen LogP contribution in [0.3, 0.4) is 0 Å². The van der Waals surface area contributed by atoms with Gasteiger partial charge in [-0.15, -0.1) is 0 Å². The number of aliphatic hydroxyl groups is 2. The lowest BCUT2D eigenvalue weighted by molar-refractivity contribution is -0.143. The molecular weight excluding hydrogens is 815 g/mol. The lowest BCUT2D eigenvalue weighted by atomic mass is 10.0. The molecule has 2 unspecified atom stereocenters. The highest BCUT2D eigenvalue weighted by atomic mass is 16.5. The summed E-state index contributed by atoms with van der Waals surface area (Å²) in [5.74, 6) is -0.0522. The Morgan fingerprint density at radius 3 is 1.03 bits per heavy atom. The van der Waals surface area contributed by atoms with Crippen LogP contribution in [0.2, 0.25) is 0 Å². The van der Waals surface area contributed by atoms with Gasteiger partial charge in [-0.25, -0.2) is 0 Å². The summed E-state index contributed by atoms with van der Waals surface area (Å²) in [6, 6.07) is -0.625. The number of unbranched alkanes of at least 4 members (excludes halogenated alkanes) is 45. The molecule has 3 N–H and O–H groups in total. The van der Waals surface area contributed by atoms with Gasteiger partial charge in [0.15, 0.2) is 0 Å². The van der Waals surface area contributed by atoms with E-state index in [1.165, 1.54) is 270 Å². The van der Waals surface area contributed by atoms with E-state index in [1.807, 2.05) is 6.08 Å². The van der Waals surface area contributed by atoms with E-state index in [1.54, 1.807) is 6.08 Å². The van der Waals surface area contributed by atoms with Gasteiger partial charge in [-0.05, 0) is 32.1 Å². The Balaban J connectivity index is 3.33. The first-order chi connectivity index (χ1) is 32.5. The van der Waals surface area contributed by atoms with Gasteiger partial charge in [-0.1, -0.05) is 302 Å². The SMILES string of the molecule is CCCCCCCCC/C=C/C(O)C(CO)NC(=O)CCCCCCCCCCCCCCCCCCCCCCCCOC(=O)CCCCCCCCCCCCCCCCCCCC. The maximum absolute atomic E-state index is 12.4. The standard InChI is InChI=1S/C60H117NO5/c1-3-5-7-9-11-13-14-15-16-17-25-28-31-34-38-42-46-50-54-60(65)66-55-51-47-43-39-35-32-29-26-23-21-19-18-20-22-24-27-30-33-37-41-45-49-53-59(64)61-57(56-62)58(63)52-48-44-40-36-12-10-8-6-4-2/h48,52,57-58,62-63H,3-47,49-51,53-56H2,1-2H3,(H,61,64)/b52-48+. The molecule has 0 saturated carbocycles. The fourth-order valence-corrected chi connectivity index (χ4v) is 9.46. The zero-order chi connectivity index (χ0) is 47.9. The summed E-state index contributed by atoms with van der Waals surface area (Å²) in [5.41, 5.74) is 0. The second-order valence-corrected chi connectivity index (χ2v) is 20.7. The van der Waals surface area contributed by atoms with Crippen molar-refractivity contribution in [2.45, 2.75) is 347 Å². The predicted octanol–water partition coefficient (Wildman–Crippen LogP) is 18.5. The van der Waals surface area contributed by atoms with E-state index in [0.717, 1.165) is 38.5 Å². The maximum Gasteiger partial charge on any atom is 0.305 e. The van der Waals surface area contributed by atoms with Gasteiger partial charge in [0.05, 0.1) is 25.4 Å². The Morgan fingerprint density at radius 1 is 0.409 bits per heavy atom. The van der Waals surface area contributed by atoms with Crippen molar-refractivity contribution in [2.24, 2.45) is 0 Å². The number of carbonyl (C=O) groups is 2. The number of hydrogen-bond acceptors (Lipinski definition) is 5. The molecule has 0 aromatic rings. The smallest absolute Gasteiger partial charge is 0.305 e. The van der Waals surface area contributed by atoms with Crippen LogP contribution in [0.5, 0.6) is 0 Å². The molecule has 0 aliphatic rings. The average Bonchev–Trinajstić information content (AvgIpc) is 3.32. The van der Waals surface area contributed by atoms with E-state index in [4.69, 9.17) is 4.74 Å². The second kappa shape index (κ2) is 56.2. The molecule has 0 fully saturated rings. The minimum Gasteiger partial charge on any atom is -0.466 e.